The average Bonchev–Trinajstić information content (AvgIpc) is 2.81. The summed E-state index contributed by atoms with van der Waals surface area (Å²) in [6, 6.07) is 16.8. The van der Waals surface area contributed by atoms with Gasteiger partial charge < -0.3 is 14.8 Å². The lowest BCUT2D eigenvalue weighted by Gasteiger charge is -2.33. The number of hydrogen-bond donors (Lipinski definition) is 1. The Morgan fingerprint density at radius 1 is 0.970 bits per heavy atom. The summed E-state index contributed by atoms with van der Waals surface area (Å²) in [4.78, 5) is 33.2. The number of carbonyl (C=O) groups is 2. The Kier molecular flexibility index (Phi) is 6.31. The maximum Gasteiger partial charge on any atom is 0.259 e. The number of aromatic nitrogens is 1. The van der Waals surface area contributed by atoms with Gasteiger partial charge in [-0.2, -0.15) is 0 Å². The molecule has 0 spiro atoms. The molecule has 3 aromatic rings. The molecule has 1 N–H and O–H groups in total. The van der Waals surface area contributed by atoms with Crippen LogP contribution in [-0.2, 0) is 4.79 Å². The van der Waals surface area contributed by atoms with Gasteiger partial charge in [0.05, 0.1) is 0 Å². The van der Waals surface area contributed by atoms with Gasteiger partial charge in [-0.3, -0.25) is 19.5 Å². The molecular weight excluding hydrogens is 418 g/mol. The number of para-hydroxylation sites is 1. The van der Waals surface area contributed by atoms with Crippen LogP contribution in [0, 0.1) is 0 Å². The number of anilines is 1. The summed E-state index contributed by atoms with van der Waals surface area (Å²) in [7, 11) is 0. The zero-order valence-electron chi connectivity index (χ0n) is 18.9. The maximum atomic E-state index is 13.9. The van der Waals surface area contributed by atoms with E-state index < -0.39 is 11.6 Å². The minimum atomic E-state index is -0.930. The van der Waals surface area contributed by atoms with Gasteiger partial charge in [0.15, 0.2) is 11.5 Å². The van der Waals surface area contributed by atoms with Gasteiger partial charge in [0, 0.05) is 34.7 Å². The van der Waals surface area contributed by atoms with Crippen molar-refractivity contribution in [3.05, 3.63) is 84.2 Å². The van der Waals surface area contributed by atoms with Crippen LogP contribution >= 0.6 is 0 Å². The number of nitrogens with zero attached hydrogens (tertiary/aromatic N) is 2. The molecule has 1 aliphatic heterocycles. The second kappa shape index (κ2) is 9.32. The van der Waals surface area contributed by atoms with E-state index in [4.69, 9.17) is 9.47 Å². The number of nitrogens with one attached hydrogen (secondary N) is 1. The van der Waals surface area contributed by atoms with E-state index in [1.165, 1.54) is 4.90 Å². The van der Waals surface area contributed by atoms with E-state index >= 15 is 0 Å². The maximum absolute atomic E-state index is 13.9. The monoisotopic (exact) mass is 445 g/mol. The van der Waals surface area contributed by atoms with Crippen LogP contribution in [0.15, 0.2) is 73.1 Å². The molecule has 0 aliphatic carbocycles. The van der Waals surface area contributed by atoms with Crippen molar-refractivity contribution in [1.29, 1.82) is 0 Å². The van der Waals surface area contributed by atoms with E-state index in [2.05, 4.69) is 10.3 Å². The van der Waals surface area contributed by atoms with Gasteiger partial charge in [-0.15, -0.1) is 0 Å². The van der Waals surface area contributed by atoms with E-state index in [9.17, 15) is 9.59 Å². The van der Waals surface area contributed by atoms with E-state index in [0.717, 1.165) is 0 Å². The van der Waals surface area contributed by atoms with Gasteiger partial charge in [-0.1, -0.05) is 24.3 Å². The molecule has 0 radical (unpaired) electrons. The van der Waals surface area contributed by atoms with Gasteiger partial charge in [0.25, 0.3) is 5.91 Å². The van der Waals surface area contributed by atoms with Crippen molar-refractivity contribution < 1.29 is 19.1 Å². The summed E-state index contributed by atoms with van der Waals surface area (Å²) >= 11 is 0. The van der Waals surface area contributed by atoms with Crippen molar-refractivity contribution in [3.8, 4) is 11.5 Å². The number of carbonyl (C=O) groups excluding carboxylic acids is 2. The molecule has 2 heterocycles. The Balaban J connectivity index is 1.82. The third-order valence-electron chi connectivity index (χ3n) is 5.05. The molecule has 170 valence electrons. The topological polar surface area (TPSA) is 80.8 Å². The number of hydrogen-bond acceptors (Lipinski definition) is 5. The first-order valence-corrected chi connectivity index (χ1v) is 10.8. The molecule has 7 nitrogen and oxygen atoms in total. The zero-order chi connectivity index (χ0) is 23.4. The highest BCUT2D eigenvalue weighted by Crippen LogP contribution is 2.34. The van der Waals surface area contributed by atoms with E-state index in [-0.39, 0.29) is 11.8 Å². The summed E-state index contributed by atoms with van der Waals surface area (Å²) in [6.45, 7) is 6.59. The third-order valence-corrected chi connectivity index (χ3v) is 5.05. The highest BCUT2D eigenvalue weighted by atomic mass is 16.6. The molecule has 2 aromatic carbocycles. The standard InChI is InChI=1S/C26H27N3O4/c1-26(2,3)28-24(30)23(19-8-7-13-27-17-19)29(20-9-5-4-6-10-20)25(31)18-11-12-21-22(16-18)33-15-14-32-21/h4-13,16-17,23H,14-15H2,1-3H3,(H,28,30). The summed E-state index contributed by atoms with van der Waals surface area (Å²) in [6.07, 6.45) is 3.25. The fourth-order valence-electron chi connectivity index (χ4n) is 3.68. The van der Waals surface area contributed by atoms with Crippen LogP contribution in [0.25, 0.3) is 0 Å². The summed E-state index contributed by atoms with van der Waals surface area (Å²) in [5.74, 6) is 0.469. The zero-order valence-corrected chi connectivity index (χ0v) is 18.9. The van der Waals surface area contributed by atoms with Crippen molar-refractivity contribution in [2.24, 2.45) is 0 Å². The molecule has 33 heavy (non-hydrogen) atoms. The molecule has 0 saturated heterocycles. The molecule has 1 atom stereocenters. The minimum absolute atomic E-state index is 0.301. The number of amides is 2. The van der Waals surface area contributed by atoms with E-state index in [1.54, 1.807) is 42.7 Å². The smallest absolute Gasteiger partial charge is 0.259 e. The quantitative estimate of drug-likeness (QED) is 0.638. The van der Waals surface area contributed by atoms with Crippen molar-refractivity contribution in [2.45, 2.75) is 32.4 Å². The van der Waals surface area contributed by atoms with Crippen LogP contribution < -0.4 is 19.7 Å². The van der Waals surface area contributed by atoms with Crippen molar-refractivity contribution in [2.75, 3.05) is 18.1 Å². The number of ether oxygens (including phenoxy) is 2. The summed E-state index contributed by atoms with van der Waals surface area (Å²) in [5, 5.41) is 3.02. The van der Waals surface area contributed by atoms with Gasteiger partial charge in [-0.05, 0) is 57.2 Å². The van der Waals surface area contributed by atoms with Crippen molar-refractivity contribution in [1.82, 2.24) is 10.3 Å². The number of fused-ring (bicyclic) bond motifs is 1. The highest BCUT2D eigenvalue weighted by molar-refractivity contribution is 6.10. The average molecular weight is 446 g/mol. The Labute approximate surface area is 193 Å². The Morgan fingerprint density at radius 3 is 2.36 bits per heavy atom. The Morgan fingerprint density at radius 2 is 1.70 bits per heavy atom. The van der Waals surface area contributed by atoms with Crippen molar-refractivity contribution in [3.63, 3.8) is 0 Å². The normalized spacial score (nSPS) is 13.7. The fraction of sp³-hybridized carbons (Fsp3) is 0.269. The van der Waals surface area contributed by atoms with Crippen LogP contribution in [0.2, 0.25) is 0 Å². The van der Waals surface area contributed by atoms with Crippen LogP contribution in [0.4, 0.5) is 5.69 Å². The molecule has 4 rings (SSSR count). The van der Waals surface area contributed by atoms with Gasteiger partial charge >= 0.3 is 0 Å². The molecule has 0 saturated carbocycles. The predicted molar refractivity (Wildman–Crippen MR) is 126 cm³/mol. The number of rotatable bonds is 5. The summed E-state index contributed by atoms with van der Waals surface area (Å²) < 4.78 is 11.3. The molecule has 1 aromatic heterocycles. The van der Waals surface area contributed by atoms with Gasteiger partial charge in [0.2, 0.25) is 5.91 Å². The summed E-state index contributed by atoms with van der Waals surface area (Å²) in [5.41, 5.74) is 1.10. The molecule has 0 bridgehead atoms. The third kappa shape index (κ3) is 5.14. The molecule has 1 aliphatic rings. The minimum Gasteiger partial charge on any atom is -0.486 e. The first kappa shape index (κ1) is 22.3. The van der Waals surface area contributed by atoms with Crippen LogP contribution in [0.5, 0.6) is 11.5 Å². The molecular formula is C26H27N3O4. The fourth-order valence-corrected chi connectivity index (χ4v) is 3.68. The van der Waals surface area contributed by atoms with Gasteiger partial charge in [0.1, 0.15) is 19.3 Å². The van der Waals surface area contributed by atoms with E-state index in [0.29, 0.717) is 41.5 Å². The first-order valence-electron chi connectivity index (χ1n) is 10.8. The van der Waals surface area contributed by atoms with Crippen LogP contribution in [0.1, 0.15) is 42.7 Å². The number of benzene rings is 2. The Bertz CT molecular complexity index is 1130. The molecule has 1 unspecified atom stereocenters. The molecule has 0 fully saturated rings. The lowest BCUT2D eigenvalue weighted by molar-refractivity contribution is -0.123. The highest BCUT2D eigenvalue weighted by Gasteiger charge is 2.35. The lowest BCUT2D eigenvalue weighted by atomic mass is 10.0. The van der Waals surface area contributed by atoms with Crippen LogP contribution in [0.3, 0.4) is 0 Å². The molecule has 7 heteroatoms. The van der Waals surface area contributed by atoms with E-state index in [1.807, 2.05) is 51.1 Å². The Hall–Kier alpha value is -3.87. The predicted octanol–water partition coefficient (Wildman–Crippen LogP) is 4.16. The second-order valence-electron chi connectivity index (χ2n) is 8.80. The van der Waals surface area contributed by atoms with Crippen LogP contribution in [-0.4, -0.2) is 35.6 Å². The molecule has 2 amide bonds. The largest absolute Gasteiger partial charge is 0.486 e. The van der Waals surface area contributed by atoms with Gasteiger partial charge in [-0.25, -0.2) is 0 Å². The van der Waals surface area contributed by atoms with Crippen molar-refractivity contribution >= 4 is 17.5 Å². The first-order chi connectivity index (χ1) is 15.8. The SMILES string of the molecule is CC(C)(C)NC(=O)C(c1cccnc1)N(C(=O)c1ccc2c(c1)OCCO2)c1ccccc1. The number of pyridine rings is 1. The lowest BCUT2D eigenvalue weighted by Crippen LogP contribution is -2.49. The second-order valence-corrected chi connectivity index (χ2v) is 8.80.